The van der Waals surface area contributed by atoms with E-state index in [0.717, 1.165) is 24.3 Å². The van der Waals surface area contributed by atoms with Crippen LogP contribution in [0.3, 0.4) is 0 Å². The summed E-state index contributed by atoms with van der Waals surface area (Å²) in [7, 11) is -3.67. The lowest BCUT2D eigenvalue weighted by molar-refractivity contribution is -0.148. The van der Waals surface area contributed by atoms with E-state index >= 15 is 0 Å². The SMILES string of the molecule is CS(=O)(=O)O.ON=C(C(c1ccccc1)C(F)(F)F)C(c1ccccc1)C(F)(F)F. The standard InChI is InChI=1S/C17H13F6NO.CH4O3S/c18-16(19,20)13(11-7-3-1-4-8-11)15(24-25)14(17(21,22)23)12-9-5-2-6-10-12;1-5(2,3)4/h1-10,13-14,25H;1H3,(H,2,3,4). The van der Waals surface area contributed by atoms with Crippen molar-refractivity contribution in [1.29, 1.82) is 0 Å². The molecule has 2 N–H and O–H groups in total. The molecule has 0 fully saturated rings. The molecule has 0 bridgehead atoms. The van der Waals surface area contributed by atoms with E-state index in [1.54, 1.807) is 0 Å². The number of rotatable bonds is 4. The van der Waals surface area contributed by atoms with Crippen LogP contribution in [-0.2, 0) is 10.1 Å². The van der Waals surface area contributed by atoms with Gasteiger partial charge in [0.1, 0.15) is 11.8 Å². The van der Waals surface area contributed by atoms with E-state index in [2.05, 4.69) is 5.16 Å². The first-order valence-electron chi connectivity index (χ1n) is 8.04. The summed E-state index contributed by atoms with van der Waals surface area (Å²) < 4.78 is 107. The predicted molar refractivity (Wildman–Crippen MR) is 97.2 cm³/mol. The molecular weight excluding hydrogens is 440 g/mol. The maximum Gasteiger partial charge on any atom is 0.401 e. The van der Waals surface area contributed by atoms with Crippen molar-refractivity contribution in [3.05, 3.63) is 71.8 Å². The van der Waals surface area contributed by atoms with Gasteiger partial charge in [-0.15, -0.1) is 0 Å². The second kappa shape index (κ2) is 9.94. The fourth-order valence-electron chi connectivity index (χ4n) is 2.63. The minimum atomic E-state index is -5.07. The Morgan fingerprint density at radius 1 is 0.800 bits per heavy atom. The van der Waals surface area contributed by atoms with Crippen LogP contribution in [0.25, 0.3) is 0 Å². The zero-order valence-electron chi connectivity index (χ0n) is 15.3. The van der Waals surface area contributed by atoms with Gasteiger partial charge in [0.25, 0.3) is 10.1 Å². The minimum Gasteiger partial charge on any atom is -0.411 e. The number of halogens is 6. The number of oxime groups is 1. The average Bonchev–Trinajstić information content (AvgIpc) is 2.59. The van der Waals surface area contributed by atoms with Gasteiger partial charge in [0.15, 0.2) is 0 Å². The van der Waals surface area contributed by atoms with Crippen molar-refractivity contribution in [3.8, 4) is 0 Å². The molecule has 5 nitrogen and oxygen atoms in total. The number of benzene rings is 2. The molecule has 0 radical (unpaired) electrons. The summed E-state index contributed by atoms with van der Waals surface area (Å²) in [5.41, 5.74) is -2.29. The van der Waals surface area contributed by atoms with Crippen LogP contribution >= 0.6 is 0 Å². The van der Waals surface area contributed by atoms with E-state index in [1.165, 1.54) is 36.4 Å². The Kier molecular flexibility index (Phi) is 8.43. The first-order chi connectivity index (χ1) is 13.7. The predicted octanol–water partition coefficient (Wildman–Crippen LogP) is 5.01. The molecule has 0 spiro atoms. The average molecular weight is 457 g/mol. The van der Waals surface area contributed by atoms with Crippen molar-refractivity contribution in [3.63, 3.8) is 0 Å². The second-order valence-electron chi connectivity index (χ2n) is 6.03. The summed E-state index contributed by atoms with van der Waals surface area (Å²) >= 11 is 0. The summed E-state index contributed by atoms with van der Waals surface area (Å²) in [5, 5.41) is 11.6. The van der Waals surface area contributed by atoms with Gasteiger partial charge in [0.2, 0.25) is 0 Å². The molecule has 0 aliphatic heterocycles. The molecule has 0 heterocycles. The molecular formula is C18H17F6NO4S. The molecule has 12 heteroatoms. The molecule has 0 aliphatic rings. The molecule has 2 atom stereocenters. The smallest absolute Gasteiger partial charge is 0.401 e. The molecule has 0 amide bonds. The van der Waals surface area contributed by atoms with Crippen molar-refractivity contribution < 1.29 is 44.5 Å². The second-order valence-corrected chi connectivity index (χ2v) is 7.49. The van der Waals surface area contributed by atoms with Crippen LogP contribution in [0.1, 0.15) is 23.0 Å². The van der Waals surface area contributed by atoms with Crippen LogP contribution in [0.15, 0.2) is 65.8 Å². The number of hydrogen-bond acceptors (Lipinski definition) is 4. The Morgan fingerprint density at radius 3 is 1.27 bits per heavy atom. The highest BCUT2D eigenvalue weighted by molar-refractivity contribution is 7.85. The van der Waals surface area contributed by atoms with Gasteiger partial charge in [0, 0.05) is 0 Å². The molecule has 166 valence electrons. The van der Waals surface area contributed by atoms with Crippen molar-refractivity contribution in [2.45, 2.75) is 24.2 Å². The van der Waals surface area contributed by atoms with Gasteiger partial charge < -0.3 is 5.21 Å². The molecule has 0 aromatic heterocycles. The molecule has 0 aliphatic carbocycles. The van der Waals surface area contributed by atoms with Gasteiger partial charge in [-0.2, -0.15) is 34.8 Å². The van der Waals surface area contributed by atoms with Gasteiger partial charge in [-0.05, 0) is 11.1 Å². The maximum absolute atomic E-state index is 13.5. The molecule has 2 rings (SSSR count). The van der Waals surface area contributed by atoms with E-state index in [-0.39, 0.29) is 0 Å². The number of nitrogens with zero attached hydrogens (tertiary/aromatic N) is 1. The zero-order valence-corrected chi connectivity index (χ0v) is 16.1. The summed E-state index contributed by atoms with van der Waals surface area (Å²) in [4.78, 5) is 0. The molecule has 30 heavy (non-hydrogen) atoms. The highest BCUT2D eigenvalue weighted by Gasteiger charge is 2.54. The van der Waals surface area contributed by atoms with Gasteiger partial charge in [-0.1, -0.05) is 65.8 Å². The molecule has 0 saturated carbocycles. The Morgan fingerprint density at radius 2 is 1.07 bits per heavy atom. The zero-order chi connectivity index (χ0) is 23.2. The maximum atomic E-state index is 13.5. The van der Waals surface area contributed by atoms with Crippen molar-refractivity contribution >= 4 is 15.8 Å². The minimum absolute atomic E-state index is 0.437. The highest BCUT2D eigenvalue weighted by atomic mass is 32.2. The van der Waals surface area contributed by atoms with Gasteiger partial charge >= 0.3 is 12.4 Å². The number of hydrogen-bond donors (Lipinski definition) is 2. The molecule has 2 aromatic rings. The largest absolute Gasteiger partial charge is 0.411 e. The molecule has 2 unspecified atom stereocenters. The third-order valence-electron chi connectivity index (χ3n) is 3.63. The Hall–Kier alpha value is -2.60. The normalized spacial score (nSPS) is 14.1. The summed E-state index contributed by atoms with van der Waals surface area (Å²) in [6.07, 6.45) is -9.42. The van der Waals surface area contributed by atoms with E-state index in [4.69, 9.17) is 9.76 Å². The van der Waals surface area contributed by atoms with Crippen LogP contribution < -0.4 is 0 Å². The Bertz CT molecular complexity index is 861. The van der Waals surface area contributed by atoms with Gasteiger partial charge in [-0.25, -0.2) is 0 Å². The van der Waals surface area contributed by atoms with Crippen LogP contribution in [-0.4, -0.2) is 42.5 Å². The monoisotopic (exact) mass is 457 g/mol. The first-order valence-corrected chi connectivity index (χ1v) is 9.88. The van der Waals surface area contributed by atoms with Crippen molar-refractivity contribution in [2.75, 3.05) is 6.26 Å². The number of alkyl halides is 6. The van der Waals surface area contributed by atoms with Crippen LogP contribution in [0.4, 0.5) is 26.3 Å². The Labute approximate surface area is 168 Å². The topological polar surface area (TPSA) is 87.0 Å². The van der Waals surface area contributed by atoms with Gasteiger partial charge in [-0.3, -0.25) is 4.55 Å². The van der Waals surface area contributed by atoms with Crippen LogP contribution in [0.5, 0.6) is 0 Å². The summed E-state index contributed by atoms with van der Waals surface area (Å²) in [5.74, 6) is -5.38. The lowest BCUT2D eigenvalue weighted by Crippen LogP contribution is -2.38. The third-order valence-corrected chi connectivity index (χ3v) is 3.63. The summed E-state index contributed by atoms with van der Waals surface area (Å²) in [6, 6.07) is 12.1. The van der Waals surface area contributed by atoms with Crippen LogP contribution in [0.2, 0.25) is 0 Å². The Balaban J connectivity index is 0.000000804. The van der Waals surface area contributed by atoms with E-state index in [9.17, 15) is 34.8 Å². The lowest BCUT2D eigenvalue weighted by atomic mass is 9.82. The van der Waals surface area contributed by atoms with Gasteiger partial charge in [0.05, 0.1) is 12.0 Å². The van der Waals surface area contributed by atoms with E-state index in [0.29, 0.717) is 6.26 Å². The molecule has 2 aromatic carbocycles. The lowest BCUT2D eigenvalue weighted by Gasteiger charge is -2.28. The van der Waals surface area contributed by atoms with Crippen LogP contribution in [0, 0.1) is 0 Å². The fourth-order valence-corrected chi connectivity index (χ4v) is 2.63. The fraction of sp³-hybridized carbons (Fsp3) is 0.278. The van der Waals surface area contributed by atoms with E-state index in [1.807, 2.05) is 0 Å². The molecule has 0 saturated heterocycles. The van der Waals surface area contributed by atoms with E-state index < -0.39 is 51.1 Å². The van der Waals surface area contributed by atoms with Crippen molar-refractivity contribution in [2.24, 2.45) is 5.16 Å². The highest BCUT2D eigenvalue weighted by Crippen LogP contribution is 2.45. The first kappa shape index (κ1) is 25.4. The third kappa shape index (κ3) is 8.03. The quantitative estimate of drug-likeness (QED) is 0.222. The summed E-state index contributed by atoms with van der Waals surface area (Å²) in [6.45, 7) is 0. The van der Waals surface area contributed by atoms with Crippen molar-refractivity contribution in [1.82, 2.24) is 0 Å².